The van der Waals surface area contributed by atoms with Crippen molar-refractivity contribution >= 4 is 5.97 Å². The zero-order valence-electron chi connectivity index (χ0n) is 12.5. The third kappa shape index (κ3) is 9.20. The van der Waals surface area contributed by atoms with E-state index in [2.05, 4.69) is 13.8 Å². The molecule has 0 aliphatic heterocycles. The minimum absolute atomic E-state index is 0.0615. The van der Waals surface area contributed by atoms with E-state index >= 15 is 0 Å². The Kier molecular flexibility index (Phi) is 7.49. The molecule has 0 aliphatic rings. The highest BCUT2D eigenvalue weighted by Crippen LogP contribution is 2.22. The van der Waals surface area contributed by atoms with Crippen molar-refractivity contribution in [2.45, 2.75) is 79.2 Å². The van der Waals surface area contributed by atoms with Gasteiger partial charge in [-0.25, -0.2) is 0 Å². The number of carbonyl (C=O) groups is 1. The molecule has 1 unspecified atom stereocenters. The third-order valence-corrected chi connectivity index (χ3v) is 3.14. The molecule has 0 amide bonds. The van der Waals surface area contributed by atoms with Crippen LogP contribution in [-0.4, -0.2) is 11.6 Å². The van der Waals surface area contributed by atoms with Gasteiger partial charge in [-0.3, -0.25) is 4.79 Å². The summed E-state index contributed by atoms with van der Waals surface area (Å²) in [4.78, 5) is 11.6. The fourth-order valence-corrected chi connectivity index (χ4v) is 1.81. The molecule has 0 radical (unpaired) electrons. The maximum absolute atomic E-state index is 11.6. The van der Waals surface area contributed by atoms with Crippen LogP contribution in [0.2, 0.25) is 0 Å². The summed E-state index contributed by atoms with van der Waals surface area (Å²) < 4.78 is 5.53. The summed E-state index contributed by atoms with van der Waals surface area (Å²) in [6.45, 7) is 12.6. The van der Waals surface area contributed by atoms with Crippen molar-refractivity contribution in [1.29, 1.82) is 0 Å². The Hall–Kier alpha value is -0.530. The Bertz CT molecular complexity index is 219. The molecule has 102 valence electrons. The van der Waals surface area contributed by atoms with Crippen molar-refractivity contribution in [2.75, 3.05) is 0 Å². The highest BCUT2D eigenvalue weighted by Gasteiger charge is 2.22. The maximum atomic E-state index is 11.6. The van der Waals surface area contributed by atoms with Gasteiger partial charge in [-0.1, -0.05) is 40.5 Å². The molecule has 0 heterocycles. The van der Waals surface area contributed by atoms with Gasteiger partial charge in [0.2, 0.25) is 0 Å². The first-order valence-corrected chi connectivity index (χ1v) is 6.98. The minimum Gasteiger partial charge on any atom is -0.460 e. The Morgan fingerprint density at radius 2 is 1.82 bits per heavy atom. The van der Waals surface area contributed by atoms with Crippen LogP contribution in [0, 0.1) is 11.8 Å². The number of ether oxygens (including phenoxy) is 1. The molecular formula is C15H30O2. The van der Waals surface area contributed by atoms with Gasteiger partial charge in [0.05, 0.1) is 0 Å². The van der Waals surface area contributed by atoms with Crippen LogP contribution in [0.25, 0.3) is 0 Å². The molecule has 0 aromatic carbocycles. The second-order valence-corrected chi connectivity index (χ2v) is 6.24. The van der Waals surface area contributed by atoms with E-state index in [1.54, 1.807) is 0 Å². The van der Waals surface area contributed by atoms with E-state index < -0.39 is 0 Å². The lowest BCUT2D eigenvalue weighted by atomic mass is 9.95. The van der Waals surface area contributed by atoms with E-state index in [1.807, 2.05) is 27.7 Å². The average molecular weight is 242 g/mol. The van der Waals surface area contributed by atoms with Crippen molar-refractivity contribution in [3.63, 3.8) is 0 Å². The first kappa shape index (κ1) is 16.5. The number of hydrogen-bond donors (Lipinski definition) is 0. The zero-order valence-corrected chi connectivity index (χ0v) is 12.5. The molecule has 0 N–H and O–H groups in total. The van der Waals surface area contributed by atoms with Crippen LogP contribution >= 0.6 is 0 Å². The molecule has 2 heteroatoms. The van der Waals surface area contributed by atoms with Crippen LogP contribution in [0.1, 0.15) is 73.6 Å². The largest absolute Gasteiger partial charge is 0.460 e. The highest BCUT2D eigenvalue weighted by atomic mass is 16.6. The second-order valence-electron chi connectivity index (χ2n) is 6.24. The Labute approximate surface area is 107 Å². The van der Waals surface area contributed by atoms with Gasteiger partial charge in [-0.2, -0.15) is 0 Å². The molecule has 0 aromatic heterocycles. The van der Waals surface area contributed by atoms with Gasteiger partial charge in [-0.15, -0.1) is 0 Å². The molecule has 0 saturated heterocycles. The molecule has 0 spiro atoms. The molecule has 0 bridgehead atoms. The van der Waals surface area contributed by atoms with Crippen molar-refractivity contribution < 1.29 is 9.53 Å². The van der Waals surface area contributed by atoms with Crippen LogP contribution < -0.4 is 0 Å². The first-order chi connectivity index (χ1) is 7.76. The summed E-state index contributed by atoms with van der Waals surface area (Å²) in [5, 5.41) is 0. The average Bonchev–Trinajstić information content (AvgIpc) is 2.14. The van der Waals surface area contributed by atoms with E-state index in [-0.39, 0.29) is 11.6 Å². The van der Waals surface area contributed by atoms with Crippen molar-refractivity contribution in [2.24, 2.45) is 11.8 Å². The Morgan fingerprint density at radius 1 is 1.24 bits per heavy atom. The molecule has 0 saturated carbocycles. The van der Waals surface area contributed by atoms with Crippen molar-refractivity contribution in [1.82, 2.24) is 0 Å². The number of carbonyl (C=O) groups excluding carboxylic acids is 1. The summed E-state index contributed by atoms with van der Waals surface area (Å²) in [6, 6.07) is 0. The van der Waals surface area contributed by atoms with Gasteiger partial charge in [0, 0.05) is 6.42 Å². The van der Waals surface area contributed by atoms with Gasteiger partial charge in [-0.05, 0) is 38.5 Å². The number of rotatable bonds is 8. The highest BCUT2D eigenvalue weighted by molar-refractivity contribution is 5.70. The van der Waals surface area contributed by atoms with Gasteiger partial charge >= 0.3 is 5.97 Å². The summed E-state index contributed by atoms with van der Waals surface area (Å²) in [5.74, 6) is 1.09. The number of esters is 1. The molecule has 0 aromatic rings. The van der Waals surface area contributed by atoms with E-state index in [0.29, 0.717) is 12.3 Å². The fraction of sp³-hybridized carbons (Fsp3) is 0.933. The summed E-state index contributed by atoms with van der Waals surface area (Å²) in [6.07, 6.45) is 5.07. The Balaban J connectivity index is 3.90. The van der Waals surface area contributed by atoms with Crippen molar-refractivity contribution in [3.8, 4) is 0 Å². The molecule has 0 fully saturated rings. The van der Waals surface area contributed by atoms with Crippen LogP contribution in [0.15, 0.2) is 0 Å². The lowest BCUT2D eigenvalue weighted by Gasteiger charge is -2.26. The first-order valence-electron chi connectivity index (χ1n) is 6.98. The van der Waals surface area contributed by atoms with E-state index in [4.69, 9.17) is 4.74 Å². The topological polar surface area (TPSA) is 26.3 Å². The standard InChI is InChI=1S/C15H30O2/c1-7-13(4)9-8-10-15(5,6)17-14(16)11-12(2)3/h12-13H,7-11H2,1-6H3. The predicted octanol–water partition coefficient (Wildman–Crippen LogP) is 4.57. The van der Waals surface area contributed by atoms with Crippen LogP contribution in [0.5, 0.6) is 0 Å². The molecule has 17 heavy (non-hydrogen) atoms. The quantitative estimate of drug-likeness (QED) is 0.583. The van der Waals surface area contributed by atoms with Crippen molar-refractivity contribution in [3.05, 3.63) is 0 Å². The van der Waals surface area contributed by atoms with Crippen LogP contribution in [0.3, 0.4) is 0 Å². The van der Waals surface area contributed by atoms with Crippen LogP contribution in [-0.2, 0) is 9.53 Å². The molecule has 0 aliphatic carbocycles. The molecular weight excluding hydrogens is 212 g/mol. The lowest BCUT2D eigenvalue weighted by molar-refractivity contribution is -0.158. The monoisotopic (exact) mass is 242 g/mol. The van der Waals surface area contributed by atoms with Gasteiger partial charge < -0.3 is 4.74 Å². The molecule has 0 rings (SSSR count). The van der Waals surface area contributed by atoms with E-state index in [1.165, 1.54) is 12.8 Å². The summed E-state index contributed by atoms with van der Waals surface area (Å²) in [5.41, 5.74) is -0.306. The lowest BCUT2D eigenvalue weighted by Crippen LogP contribution is -2.28. The zero-order chi connectivity index (χ0) is 13.5. The summed E-state index contributed by atoms with van der Waals surface area (Å²) >= 11 is 0. The van der Waals surface area contributed by atoms with Crippen LogP contribution in [0.4, 0.5) is 0 Å². The second kappa shape index (κ2) is 7.73. The number of hydrogen-bond acceptors (Lipinski definition) is 2. The van der Waals surface area contributed by atoms with Gasteiger partial charge in [0.25, 0.3) is 0 Å². The third-order valence-electron chi connectivity index (χ3n) is 3.14. The molecule has 2 nitrogen and oxygen atoms in total. The minimum atomic E-state index is -0.306. The maximum Gasteiger partial charge on any atom is 0.306 e. The van der Waals surface area contributed by atoms with E-state index in [9.17, 15) is 4.79 Å². The summed E-state index contributed by atoms with van der Waals surface area (Å²) in [7, 11) is 0. The SMILES string of the molecule is CCC(C)CCCC(C)(C)OC(=O)CC(C)C. The fourth-order valence-electron chi connectivity index (χ4n) is 1.81. The predicted molar refractivity (Wildman–Crippen MR) is 72.9 cm³/mol. The molecule has 1 atom stereocenters. The van der Waals surface area contributed by atoms with Gasteiger partial charge in [0.1, 0.15) is 5.60 Å². The smallest absolute Gasteiger partial charge is 0.306 e. The normalized spacial score (nSPS) is 13.8. The van der Waals surface area contributed by atoms with E-state index in [0.717, 1.165) is 18.8 Å². The Morgan fingerprint density at radius 3 is 2.29 bits per heavy atom. The van der Waals surface area contributed by atoms with Gasteiger partial charge in [0.15, 0.2) is 0 Å².